The Balaban J connectivity index is 2.19. The molecule has 7 nitrogen and oxygen atoms in total. The zero-order valence-corrected chi connectivity index (χ0v) is 10.3. The zero-order valence-electron chi connectivity index (χ0n) is 10.3. The largest absolute Gasteiger partial charge is 0.486 e. The van der Waals surface area contributed by atoms with E-state index in [1.54, 1.807) is 12.1 Å². The van der Waals surface area contributed by atoms with E-state index in [0.717, 1.165) is 0 Å². The van der Waals surface area contributed by atoms with Crippen molar-refractivity contribution in [2.75, 3.05) is 20.3 Å². The highest BCUT2D eigenvalue weighted by Crippen LogP contribution is 2.35. The molecule has 2 aromatic rings. The third kappa shape index (κ3) is 1.92. The standard InChI is InChI=1S/C12H12N2O5/c1-17-12-13-7-4-9-10(19-3-2-18-9)5-8(7)14(12)6-11(15)16/h4-5H,2-3,6H2,1H3,(H,15,16). The van der Waals surface area contributed by atoms with Crippen LogP contribution < -0.4 is 14.2 Å². The van der Waals surface area contributed by atoms with Crippen LogP contribution in [0.15, 0.2) is 12.1 Å². The summed E-state index contributed by atoms with van der Waals surface area (Å²) < 4.78 is 17.5. The maximum Gasteiger partial charge on any atom is 0.323 e. The minimum atomic E-state index is -0.965. The van der Waals surface area contributed by atoms with Gasteiger partial charge in [-0.2, -0.15) is 4.98 Å². The molecule has 0 radical (unpaired) electrons. The summed E-state index contributed by atoms with van der Waals surface area (Å²) in [5.74, 6) is 0.238. The van der Waals surface area contributed by atoms with Crippen molar-refractivity contribution in [1.82, 2.24) is 9.55 Å². The fourth-order valence-corrected chi connectivity index (χ4v) is 2.08. The number of aromatic nitrogens is 2. The maximum absolute atomic E-state index is 10.9. The molecule has 1 aliphatic heterocycles. The van der Waals surface area contributed by atoms with Gasteiger partial charge in [-0.3, -0.25) is 9.36 Å². The minimum Gasteiger partial charge on any atom is -0.486 e. The maximum atomic E-state index is 10.9. The summed E-state index contributed by atoms with van der Waals surface area (Å²) in [6.45, 7) is 0.744. The summed E-state index contributed by atoms with van der Waals surface area (Å²) in [4.78, 5) is 15.1. The van der Waals surface area contributed by atoms with Gasteiger partial charge in [0.15, 0.2) is 11.5 Å². The van der Waals surface area contributed by atoms with Gasteiger partial charge in [0.25, 0.3) is 6.01 Å². The van der Waals surface area contributed by atoms with Gasteiger partial charge in [0.2, 0.25) is 0 Å². The van der Waals surface area contributed by atoms with E-state index in [2.05, 4.69) is 4.98 Å². The van der Waals surface area contributed by atoms with E-state index in [1.807, 2.05) is 0 Å². The Hall–Kier alpha value is -2.44. The number of nitrogens with zero attached hydrogens (tertiary/aromatic N) is 2. The van der Waals surface area contributed by atoms with Gasteiger partial charge in [0, 0.05) is 12.1 Å². The second kappa shape index (κ2) is 4.34. The molecule has 0 spiro atoms. The summed E-state index contributed by atoms with van der Waals surface area (Å²) in [5, 5.41) is 8.94. The van der Waals surface area contributed by atoms with Crippen molar-refractivity contribution < 1.29 is 24.1 Å². The van der Waals surface area contributed by atoms with Crippen LogP contribution in [0.3, 0.4) is 0 Å². The SMILES string of the molecule is COc1nc2cc3c(cc2n1CC(=O)O)OCCO3. The van der Waals surface area contributed by atoms with Gasteiger partial charge in [0.05, 0.1) is 18.1 Å². The average molecular weight is 264 g/mol. The molecule has 0 saturated carbocycles. The van der Waals surface area contributed by atoms with Crippen LogP contribution in [0.4, 0.5) is 0 Å². The van der Waals surface area contributed by atoms with Crippen LogP contribution in [-0.4, -0.2) is 41.0 Å². The summed E-state index contributed by atoms with van der Waals surface area (Å²) in [5.41, 5.74) is 1.26. The van der Waals surface area contributed by atoms with Gasteiger partial charge in [-0.1, -0.05) is 0 Å². The molecule has 1 N–H and O–H groups in total. The average Bonchev–Trinajstić information content (AvgIpc) is 2.73. The fourth-order valence-electron chi connectivity index (χ4n) is 2.08. The molecule has 0 amide bonds. The number of fused-ring (bicyclic) bond motifs is 2. The molecule has 1 aliphatic rings. The Bertz CT molecular complexity index is 649. The van der Waals surface area contributed by atoms with Gasteiger partial charge >= 0.3 is 5.97 Å². The Morgan fingerprint density at radius 2 is 2.11 bits per heavy atom. The molecule has 7 heteroatoms. The lowest BCUT2D eigenvalue weighted by molar-refractivity contribution is -0.137. The first-order valence-corrected chi connectivity index (χ1v) is 5.74. The number of hydrogen-bond acceptors (Lipinski definition) is 5. The highest BCUT2D eigenvalue weighted by molar-refractivity contribution is 5.83. The first-order valence-electron chi connectivity index (χ1n) is 5.74. The van der Waals surface area contributed by atoms with Crippen molar-refractivity contribution >= 4 is 17.0 Å². The van der Waals surface area contributed by atoms with Crippen molar-refractivity contribution in [3.63, 3.8) is 0 Å². The number of carboxylic acid groups (broad SMARTS) is 1. The lowest BCUT2D eigenvalue weighted by Crippen LogP contribution is -2.15. The molecule has 1 aromatic carbocycles. The summed E-state index contributed by atoms with van der Waals surface area (Å²) in [6, 6.07) is 3.70. The monoisotopic (exact) mass is 264 g/mol. The van der Waals surface area contributed by atoms with Gasteiger partial charge in [-0.05, 0) is 0 Å². The normalized spacial score (nSPS) is 13.5. The van der Waals surface area contributed by atoms with E-state index in [9.17, 15) is 4.79 Å². The molecule has 0 saturated heterocycles. The molecule has 0 fully saturated rings. The van der Waals surface area contributed by atoms with Crippen molar-refractivity contribution in [3.05, 3.63) is 12.1 Å². The van der Waals surface area contributed by atoms with Crippen molar-refractivity contribution in [1.29, 1.82) is 0 Å². The molecule has 1 aromatic heterocycles. The molecular weight excluding hydrogens is 252 g/mol. The highest BCUT2D eigenvalue weighted by Gasteiger charge is 2.19. The third-order valence-corrected chi connectivity index (χ3v) is 2.85. The molecule has 19 heavy (non-hydrogen) atoms. The van der Waals surface area contributed by atoms with E-state index in [4.69, 9.17) is 19.3 Å². The minimum absolute atomic E-state index is 0.223. The van der Waals surface area contributed by atoms with Crippen LogP contribution in [-0.2, 0) is 11.3 Å². The highest BCUT2D eigenvalue weighted by atomic mass is 16.6. The fraction of sp³-hybridized carbons (Fsp3) is 0.333. The van der Waals surface area contributed by atoms with Gasteiger partial charge in [-0.15, -0.1) is 0 Å². The topological polar surface area (TPSA) is 82.8 Å². The van der Waals surface area contributed by atoms with Gasteiger partial charge in [0.1, 0.15) is 19.8 Å². The quantitative estimate of drug-likeness (QED) is 0.886. The number of imidazole rings is 1. The molecule has 0 atom stereocenters. The number of methoxy groups -OCH3 is 1. The summed E-state index contributed by atoms with van der Waals surface area (Å²) in [6.07, 6.45) is 0. The predicted octanol–water partition coefficient (Wildman–Crippen LogP) is 0.901. The lowest BCUT2D eigenvalue weighted by Gasteiger charge is -2.18. The number of aliphatic carboxylic acids is 1. The van der Waals surface area contributed by atoms with E-state index in [-0.39, 0.29) is 12.6 Å². The van der Waals surface area contributed by atoms with Gasteiger partial charge in [-0.25, -0.2) is 0 Å². The van der Waals surface area contributed by atoms with E-state index in [1.165, 1.54) is 11.7 Å². The molecular formula is C12H12N2O5. The van der Waals surface area contributed by atoms with E-state index < -0.39 is 5.97 Å². The van der Waals surface area contributed by atoms with Crippen LogP contribution >= 0.6 is 0 Å². The molecule has 3 rings (SSSR count). The van der Waals surface area contributed by atoms with Crippen LogP contribution in [0.25, 0.3) is 11.0 Å². The number of carboxylic acids is 1. The zero-order chi connectivity index (χ0) is 13.4. The third-order valence-electron chi connectivity index (χ3n) is 2.85. The Labute approximate surface area is 108 Å². The first-order chi connectivity index (χ1) is 9.19. The van der Waals surface area contributed by atoms with Crippen LogP contribution in [0, 0.1) is 0 Å². The summed E-state index contributed by atoms with van der Waals surface area (Å²) in [7, 11) is 1.45. The molecule has 100 valence electrons. The Kier molecular flexibility index (Phi) is 2.66. The number of hydrogen-bond donors (Lipinski definition) is 1. The smallest absolute Gasteiger partial charge is 0.323 e. The molecule has 0 unspecified atom stereocenters. The van der Waals surface area contributed by atoms with E-state index >= 15 is 0 Å². The second-order valence-electron chi connectivity index (χ2n) is 4.06. The molecule has 2 heterocycles. The van der Waals surface area contributed by atoms with Crippen molar-refractivity contribution in [2.45, 2.75) is 6.54 Å². The number of rotatable bonds is 3. The number of carbonyl (C=O) groups is 1. The second-order valence-corrected chi connectivity index (χ2v) is 4.06. The van der Waals surface area contributed by atoms with Gasteiger partial charge < -0.3 is 19.3 Å². The van der Waals surface area contributed by atoms with E-state index in [0.29, 0.717) is 35.7 Å². The van der Waals surface area contributed by atoms with Crippen LogP contribution in [0.1, 0.15) is 0 Å². The number of ether oxygens (including phenoxy) is 3. The van der Waals surface area contributed by atoms with Crippen molar-refractivity contribution in [3.8, 4) is 17.5 Å². The molecule has 0 aliphatic carbocycles. The summed E-state index contributed by atoms with van der Waals surface area (Å²) >= 11 is 0. The predicted molar refractivity (Wildman–Crippen MR) is 64.9 cm³/mol. The number of benzene rings is 1. The Morgan fingerprint density at radius 1 is 1.42 bits per heavy atom. The molecule has 0 bridgehead atoms. The first kappa shape index (κ1) is 11.6. The van der Waals surface area contributed by atoms with Crippen molar-refractivity contribution in [2.24, 2.45) is 0 Å². The lowest BCUT2D eigenvalue weighted by atomic mass is 10.2. The Morgan fingerprint density at radius 3 is 2.74 bits per heavy atom. The van der Waals surface area contributed by atoms with Crippen LogP contribution in [0.5, 0.6) is 17.5 Å². The van der Waals surface area contributed by atoms with Crippen LogP contribution in [0.2, 0.25) is 0 Å².